The molecule has 2 aromatic rings. The molecule has 0 radical (unpaired) electrons. The van der Waals surface area contributed by atoms with Crippen molar-refractivity contribution in [2.75, 3.05) is 6.54 Å². The number of nitrogens with one attached hydrogen (secondary N) is 2. The molecule has 0 fully saturated rings. The van der Waals surface area contributed by atoms with Gasteiger partial charge in [0.1, 0.15) is 5.82 Å². The Labute approximate surface area is 112 Å². The second-order valence-corrected chi connectivity index (χ2v) is 4.58. The van der Waals surface area contributed by atoms with E-state index < -0.39 is 0 Å². The van der Waals surface area contributed by atoms with Crippen molar-refractivity contribution in [2.45, 2.75) is 19.9 Å². The van der Waals surface area contributed by atoms with E-state index in [4.69, 9.17) is 0 Å². The van der Waals surface area contributed by atoms with E-state index in [2.05, 4.69) is 16.4 Å². The fourth-order valence-corrected chi connectivity index (χ4v) is 2.27. The topological polar surface area (TPSA) is 27.8 Å². The minimum Gasteiger partial charge on any atom is -0.357 e. The predicted molar refractivity (Wildman–Crippen MR) is 73.6 cm³/mol. The zero-order valence-corrected chi connectivity index (χ0v) is 11.0. The summed E-state index contributed by atoms with van der Waals surface area (Å²) in [5.41, 5.74) is 5.19. The Bertz CT molecular complexity index is 539. The normalized spacial score (nSPS) is 13.9. The molecule has 1 aromatic heterocycles. The van der Waals surface area contributed by atoms with E-state index >= 15 is 0 Å². The third-order valence-electron chi connectivity index (χ3n) is 3.35. The summed E-state index contributed by atoms with van der Waals surface area (Å²) in [6.45, 7) is 3.68. The number of aryl methyl sites for hydroxylation is 1. The Kier molecular flexibility index (Phi) is 3.73. The van der Waals surface area contributed by atoms with Crippen molar-refractivity contribution >= 4 is 12.4 Å². The van der Waals surface area contributed by atoms with Gasteiger partial charge in [-0.1, -0.05) is 12.1 Å². The molecule has 2 heterocycles. The van der Waals surface area contributed by atoms with Crippen LogP contribution in [0.3, 0.4) is 0 Å². The zero-order chi connectivity index (χ0) is 11.8. The minimum atomic E-state index is -0.145. The van der Waals surface area contributed by atoms with Crippen LogP contribution in [0.5, 0.6) is 0 Å². The number of aromatic nitrogens is 1. The highest BCUT2D eigenvalue weighted by molar-refractivity contribution is 5.85. The van der Waals surface area contributed by atoms with Gasteiger partial charge in [0.25, 0.3) is 0 Å². The monoisotopic (exact) mass is 266 g/mol. The maximum absolute atomic E-state index is 13.5. The van der Waals surface area contributed by atoms with Gasteiger partial charge in [-0.3, -0.25) is 0 Å². The van der Waals surface area contributed by atoms with Crippen LogP contribution in [0.4, 0.5) is 4.39 Å². The summed E-state index contributed by atoms with van der Waals surface area (Å²) < 4.78 is 13.5. The fourth-order valence-electron chi connectivity index (χ4n) is 2.27. The van der Waals surface area contributed by atoms with Crippen molar-refractivity contribution in [3.63, 3.8) is 0 Å². The Balaban J connectivity index is 0.00000120. The Morgan fingerprint density at radius 1 is 1.22 bits per heavy atom. The highest BCUT2D eigenvalue weighted by Gasteiger charge is 2.13. The van der Waals surface area contributed by atoms with Crippen LogP contribution in [-0.4, -0.2) is 11.5 Å². The molecule has 4 heteroatoms. The molecule has 2 nitrogen and oxygen atoms in total. The molecule has 0 amide bonds. The molecule has 0 saturated heterocycles. The van der Waals surface area contributed by atoms with Gasteiger partial charge in [-0.15, -0.1) is 12.4 Å². The van der Waals surface area contributed by atoms with Crippen molar-refractivity contribution in [1.82, 2.24) is 10.3 Å². The number of halogens is 2. The van der Waals surface area contributed by atoms with Crippen LogP contribution in [0.25, 0.3) is 11.3 Å². The lowest BCUT2D eigenvalue weighted by molar-refractivity contribution is 0.619. The van der Waals surface area contributed by atoms with Gasteiger partial charge in [0.05, 0.1) is 0 Å². The Morgan fingerprint density at radius 3 is 2.78 bits per heavy atom. The average Bonchev–Trinajstić information content (AvgIpc) is 2.76. The largest absolute Gasteiger partial charge is 0.357 e. The molecule has 1 aliphatic rings. The highest BCUT2D eigenvalue weighted by Crippen LogP contribution is 2.25. The van der Waals surface area contributed by atoms with Crippen LogP contribution in [0.1, 0.15) is 16.8 Å². The third kappa shape index (κ3) is 2.28. The fraction of sp³-hybridized carbons (Fsp3) is 0.286. The lowest BCUT2D eigenvalue weighted by Gasteiger charge is -2.11. The van der Waals surface area contributed by atoms with E-state index in [0.29, 0.717) is 5.56 Å². The molecule has 0 atom stereocenters. The predicted octanol–water partition coefficient (Wildman–Crippen LogP) is 3.20. The van der Waals surface area contributed by atoms with Crippen LogP contribution in [-0.2, 0) is 13.0 Å². The zero-order valence-electron chi connectivity index (χ0n) is 10.2. The maximum Gasteiger partial charge on any atom is 0.126 e. The molecular weight excluding hydrogens is 251 g/mol. The second kappa shape index (κ2) is 5.12. The van der Waals surface area contributed by atoms with Crippen LogP contribution < -0.4 is 5.32 Å². The molecule has 0 saturated carbocycles. The van der Waals surface area contributed by atoms with Crippen molar-refractivity contribution in [2.24, 2.45) is 0 Å². The summed E-state index contributed by atoms with van der Waals surface area (Å²) in [6, 6.07) is 7.52. The van der Waals surface area contributed by atoms with Gasteiger partial charge in [-0.25, -0.2) is 4.39 Å². The second-order valence-electron chi connectivity index (χ2n) is 4.58. The Morgan fingerprint density at radius 2 is 2.06 bits per heavy atom. The summed E-state index contributed by atoms with van der Waals surface area (Å²) in [5.74, 6) is -0.145. The van der Waals surface area contributed by atoms with E-state index in [1.54, 1.807) is 13.0 Å². The number of fused-ring (bicyclic) bond motifs is 1. The maximum atomic E-state index is 13.5. The van der Waals surface area contributed by atoms with E-state index in [0.717, 1.165) is 30.8 Å². The first-order valence-electron chi connectivity index (χ1n) is 5.92. The lowest BCUT2D eigenvalue weighted by Crippen LogP contribution is -2.22. The summed E-state index contributed by atoms with van der Waals surface area (Å²) in [6.07, 6.45) is 1.04. The average molecular weight is 267 g/mol. The minimum absolute atomic E-state index is 0. The van der Waals surface area contributed by atoms with Gasteiger partial charge in [-0.05, 0) is 43.1 Å². The first-order chi connectivity index (χ1) is 8.24. The third-order valence-corrected chi connectivity index (χ3v) is 3.35. The molecule has 2 N–H and O–H groups in total. The SMILES string of the molecule is Cc1ccc(-c2cc3c([nH]2)CNCC3)cc1F.Cl. The van der Waals surface area contributed by atoms with E-state index in [-0.39, 0.29) is 18.2 Å². The smallest absolute Gasteiger partial charge is 0.126 e. The van der Waals surface area contributed by atoms with Gasteiger partial charge in [0.15, 0.2) is 0 Å². The van der Waals surface area contributed by atoms with E-state index in [1.807, 2.05) is 12.1 Å². The molecule has 0 bridgehead atoms. The van der Waals surface area contributed by atoms with Crippen molar-refractivity contribution < 1.29 is 4.39 Å². The van der Waals surface area contributed by atoms with E-state index in [1.165, 1.54) is 11.3 Å². The van der Waals surface area contributed by atoms with E-state index in [9.17, 15) is 4.39 Å². The number of H-pyrrole nitrogens is 1. The standard InChI is InChI=1S/C14H15FN2.ClH/c1-9-2-3-10(6-12(9)15)13-7-11-4-5-16-8-14(11)17-13;/h2-3,6-7,16-17H,4-5,8H2,1H3;1H. The number of hydrogen-bond acceptors (Lipinski definition) is 1. The van der Waals surface area contributed by atoms with Gasteiger partial charge in [-0.2, -0.15) is 0 Å². The first kappa shape index (κ1) is 13.1. The summed E-state index contributed by atoms with van der Waals surface area (Å²) in [5, 5.41) is 3.32. The lowest BCUT2D eigenvalue weighted by atomic mass is 10.1. The quantitative estimate of drug-likeness (QED) is 0.815. The molecule has 0 aliphatic carbocycles. The molecule has 3 rings (SSSR count). The van der Waals surface area contributed by atoms with Crippen LogP contribution in [0, 0.1) is 12.7 Å². The van der Waals surface area contributed by atoms with Crippen molar-refractivity contribution in [1.29, 1.82) is 0 Å². The van der Waals surface area contributed by atoms with Gasteiger partial charge < -0.3 is 10.3 Å². The summed E-state index contributed by atoms with van der Waals surface area (Å²) >= 11 is 0. The molecule has 0 unspecified atom stereocenters. The molecule has 0 spiro atoms. The number of aromatic amines is 1. The van der Waals surface area contributed by atoms with Gasteiger partial charge in [0, 0.05) is 23.5 Å². The highest BCUT2D eigenvalue weighted by atomic mass is 35.5. The molecule has 96 valence electrons. The van der Waals surface area contributed by atoms with Crippen molar-refractivity contribution in [3.05, 3.63) is 46.9 Å². The van der Waals surface area contributed by atoms with Gasteiger partial charge in [0.2, 0.25) is 0 Å². The van der Waals surface area contributed by atoms with Crippen LogP contribution in [0.15, 0.2) is 24.3 Å². The summed E-state index contributed by atoms with van der Waals surface area (Å²) in [7, 11) is 0. The van der Waals surface area contributed by atoms with Gasteiger partial charge >= 0.3 is 0 Å². The van der Waals surface area contributed by atoms with Crippen LogP contribution >= 0.6 is 12.4 Å². The van der Waals surface area contributed by atoms with Crippen molar-refractivity contribution in [3.8, 4) is 11.3 Å². The van der Waals surface area contributed by atoms with Crippen LogP contribution in [0.2, 0.25) is 0 Å². The number of rotatable bonds is 1. The molecule has 18 heavy (non-hydrogen) atoms. The summed E-state index contributed by atoms with van der Waals surface area (Å²) in [4.78, 5) is 3.37. The first-order valence-corrected chi connectivity index (χ1v) is 5.92. The molecule has 1 aliphatic heterocycles. The molecular formula is C14H16ClFN2. The number of hydrogen-bond donors (Lipinski definition) is 2. The molecule has 1 aromatic carbocycles. The Hall–Kier alpha value is -1.32. The number of benzene rings is 1.